The monoisotopic (exact) mass is 195 g/mol. The van der Waals surface area contributed by atoms with Crippen molar-refractivity contribution in [3.63, 3.8) is 0 Å². The Bertz CT molecular complexity index is 288. The lowest BCUT2D eigenvalue weighted by Crippen LogP contribution is -2.21. The third kappa shape index (κ3) is 3.22. The highest BCUT2D eigenvalue weighted by Crippen LogP contribution is 2.16. The molecule has 0 saturated heterocycles. The van der Waals surface area contributed by atoms with Crippen molar-refractivity contribution in [1.82, 2.24) is 4.98 Å². The Morgan fingerprint density at radius 1 is 1.57 bits per heavy atom. The molecule has 0 spiro atoms. The number of anilines is 2. The summed E-state index contributed by atoms with van der Waals surface area (Å²) in [5, 5.41) is 12.4. The normalized spacial score (nSPS) is 14.8. The van der Waals surface area contributed by atoms with E-state index >= 15 is 0 Å². The molecule has 0 saturated carbocycles. The number of rotatable bonds is 4. The van der Waals surface area contributed by atoms with Gasteiger partial charge < -0.3 is 16.2 Å². The maximum Gasteiger partial charge on any atom is 0.146 e. The summed E-state index contributed by atoms with van der Waals surface area (Å²) in [4.78, 5) is 3.96. The second-order valence-electron chi connectivity index (χ2n) is 3.57. The summed E-state index contributed by atoms with van der Waals surface area (Å²) in [5.41, 5.74) is 6.48. The summed E-state index contributed by atoms with van der Waals surface area (Å²) < 4.78 is 0. The Balaban J connectivity index is 2.56. The molecule has 4 nitrogen and oxygen atoms in total. The Labute approximate surface area is 84.2 Å². The fourth-order valence-electron chi connectivity index (χ4n) is 1.38. The number of nitrogens with one attached hydrogen (secondary N) is 1. The molecule has 0 aliphatic carbocycles. The van der Waals surface area contributed by atoms with Crippen LogP contribution < -0.4 is 11.1 Å². The molecule has 78 valence electrons. The van der Waals surface area contributed by atoms with Gasteiger partial charge in [-0.05, 0) is 32.4 Å². The third-order valence-corrected chi connectivity index (χ3v) is 1.94. The Morgan fingerprint density at radius 3 is 2.86 bits per heavy atom. The van der Waals surface area contributed by atoms with Crippen LogP contribution in [0.3, 0.4) is 0 Å². The summed E-state index contributed by atoms with van der Waals surface area (Å²) in [6.45, 7) is 3.77. The van der Waals surface area contributed by atoms with Crippen molar-refractivity contribution in [3.05, 3.63) is 18.3 Å². The molecule has 1 aromatic heterocycles. The zero-order chi connectivity index (χ0) is 10.6. The van der Waals surface area contributed by atoms with Crippen molar-refractivity contribution >= 4 is 11.5 Å². The van der Waals surface area contributed by atoms with Gasteiger partial charge in [0.05, 0.1) is 11.8 Å². The number of hydrogen-bond donors (Lipinski definition) is 3. The van der Waals surface area contributed by atoms with Gasteiger partial charge in [0.2, 0.25) is 0 Å². The molecule has 0 aliphatic rings. The molecule has 4 heteroatoms. The number of pyridine rings is 1. The first-order chi connectivity index (χ1) is 6.59. The van der Waals surface area contributed by atoms with Crippen LogP contribution in [0.15, 0.2) is 18.3 Å². The van der Waals surface area contributed by atoms with Crippen molar-refractivity contribution in [2.24, 2.45) is 0 Å². The molecular weight excluding hydrogens is 178 g/mol. The maximum atomic E-state index is 9.18. The second kappa shape index (κ2) is 4.81. The number of aliphatic hydroxyl groups is 1. The molecule has 1 rings (SSSR count). The van der Waals surface area contributed by atoms with Gasteiger partial charge in [0, 0.05) is 12.2 Å². The minimum atomic E-state index is -0.310. The molecule has 1 heterocycles. The van der Waals surface area contributed by atoms with Gasteiger partial charge in [-0.3, -0.25) is 0 Å². The van der Waals surface area contributed by atoms with E-state index < -0.39 is 0 Å². The smallest absolute Gasteiger partial charge is 0.146 e. The fourth-order valence-corrected chi connectivity index (χ4v) is 1.38. The number of aromatic nitrogens is 1. The van der Waals surface area contributed by atoms with Crippen LogP contribution in [0.1, 0.15) is 20.3 Å². The Morgan fingerprint density at radius 2 is 2.29 bits per heavy atom. The first kappa shape index (κ1) is 10.8. The number of nitrogen functional groups attached to an aromatic ring is 1. The molecule has 0 radical (unpaired) electrons. The molecule has 0 aliphatic heterocycles. The first-order valence-corrected chi connectivity index (χ1v) is 4.74. The Kier molecular flexibility index (Phi) is 3.71. The minimum absolute atomic E-state index is 0.182. The maximum absolute atomic E-state index is 9.18. The molecule has 4 N–H and O–H groups in total. The predicted octanol–water partition coefficient (Wildman–Crippen LogP) is 1.24. The van der Waals surface area contributed by atoms with Crippen molar-refractivity contribution < 1.29 is 5.11 Å². The number of hydrogen-bond acceptors (Lipinski definition) is 4. The zero-order valence-electron chi connectivity index (χ0n) is 8.57. The molecule has 0 amide bonds. The van der Waals surface area contributed by atoms with E-state index in [9.17, 15) is 5.11 Å². The second-order valence-corrected chi connectivity index (χ2v) is 3.57. The molecular formula is C10H17N3O. The standard InChI is InChI=1S/C10H17N3O/c1-7(6-8(2)14)13-9-4-3-5-12-10(9)11/h3-5,7-8,13-14H,6H2,1-2H3,(H2,11,12). The lowest BCUT2D eigenvalue weighted by Gasteiger charge is -2.17. The van der Waals surface area contributed by atoms with Crippen molar-refractivity contribution in [2.45, 2.75) is 32.4 Å². The van der Waals surface area contributed by atoms with Gasteiger partial charge in [-0.25, -0.2) is 4.98 Å². The minimum Gasteiger partial charge on any atom is -0.393 e. The quantitative estimate of drug-likeness (QED) is 0.676. The number of nitrogens with zero attached hydrogens (tertiary/aromatic N) is 1. The van der Waals surface area contributed by atoms with Crippen molar-refractivity contribution in [1.29, 1.82) is 0 Å². The molecule has 2 atom stereocenters. The fraction of sp³-hybridized carbons (Fsp3) is 0.500. The highest BCUT2D eigenvalue weighted by Gasteiger charge is 2.07. The number of nitrogens with two attached hydrogens (primary N) is 1. The van der Waals surface area contributed by atoms with Crippen LogP contribution in [0.2, 0.25) is 0 Å². The van der Waals surface area contributed by atoms with Gasteiger partial charge in [0.15, 0.2) is 0 Å². The van der Waals surface area contributed by atoms with E-state index in [2.05, 4.69) is 10.3 Å². The van der Waals surface area contributed by atoms with Crippen LogP contribution in [0, 0.1) is 0 Å². The average Bonchev–Trinajstić information content (AvgIpc) is 2.07. The van der Waals surface area contributed by atoms with Gasteiger partial charge in [0.1, 0.15) is 5.82 Å². The molecule has 2 unspecified atom stereocenters. The summed E-state index contributed by atoms with van der Waals surface area (Å²) in [7, 11) is 0. The topological polar surface area (TPSA) is 71.2 Å². The molecule has 0 fully saturated rings. The first-order valence-electron chi connectivity index (χ1n) is 4.74. The van der Waals surface area contributed by atoms with Crippen molar-refractivity contribution in [2.75, 3.05) is 11.1 Å². The van der Waals surface area contributed by atoms with E-state index in [0.717, 1.165) is 5.69 Å². The molecule has 0 bridgehead atoms. The molecule has 0 aromatic carbocycles. The van der Waals surface area contributed by atoms with E-state index in [4.69, 9.17) is 5.73 Å². The van der Waals surface area contributed by atoms with Gasteiger partial charge in [-0.1, -0.05) is 0 Å². The van der Waals surface area contributed by atoms with Gasteiger partial charge in [-0.15, -0.1) is 0 Å². The van der Waals surface area contributed by atoms with Crippen LogP contribution >= 0.6 is 0 Å². The van der Waals surface area contributed by atoms with Gasteiger partial charge in [0.25, 0.3) is 0 Å². The van der Waals surface area contributed by atoms with Crippen molar-refractivity contribution in [3.8, 4) is 0 Å². The Hall–Kier alpha value is -1.29. The van der Waals surface area contributed by atoms with Crippen LogP contribution in [0.5, 0.6) is 0 Å². The SMILES string of the molecule is CC(O)CC(C)Nc1cccnc1N. The summed E-state index contributed by atoms with van der Waals surface area (Å²) in [5.74, 6) is 0.491. The largest absolute Gasteiger partial charge is 0.393 e. The lowest BCUT2D eigenvalue weighted by atomic mass is 10.1. The highest BCUT2D eigenvalue weighted by atomic mass is 16.3. The van der Waals surface area contributed by atoms with Gasteiger partial charge >= 0.3 is 0 Å². The van der Waals surface area contributed by atoms with Gasteiger partial charge in [-0.2, -0.15) is 0 Å². The van der Waals surface area contributed by atoms with E-state index in [-0.39, 0.29) is 12.1 Å². The van der Waals surface area contributed by atoms with Crippen LogP contribution in [-0.4, -0.2) is 22.2 Å². The predicted molar refractivity (Wildman–Crippen MR) is 58.0 cm³/mol. The summed E-state index contributed by atoms with van der Waals surface area (Å²) in [6.07, 6.45) is 2.03. The number of aliphatic hydroxyl groups excluding tert-OH is 1. The van der Waals surface area contributed by atoms with Crippen LogP contribution in [0.25, 0.3) is 0 Å². The lowest BCUT2D eigenvalue weighted by molar-refractivity contribution is 0.179. The van der Waals surface area contributed by atoms with E-state index in [0.29, 0.717) is 12.2 Å². The van der Waals surface area contributed by atoms with E-state index in [1.165, 1.54) is 0 Å². The van der Waals surface area contributed by atoms with E-state index in [1.807, 2.05) is 19.1 Å². The van der Waals surface area contributed by atoms with Crippen LogP contribution in [0.4, 0.5) is 11.5 Å². The molecule has 1 aromatic rings. The average molecular weight is 195 g/mol. The summed E-state index contributed by atoms with van der Waals surface area (Å²) >= 11 is 0. The zero-order valence-corrected chi connectivity index (χ0v) is 8.57. The highest BCUT2D eigenvalue weighted by molar-refractivity contribution is 5.61. The summed E-state index contributed by atoms with van der Waals surface area (Å²) in [6, 6.07) is 3.88. The third-order valence-electron chi connectivity index (χ3n) is 1.94. The molecule has 14 heavy (non-hydrogen) atoms. The van der Waals surface area contributed by atoms with Crippen LogP contribution in [-0.2, 0) is 0 Å². The van der Waals surface area contributed by atoms with E-state index in [1.54, 1.807) is 13.1 Å².